The molecule has 102 valence electrons. The van der Waals surface area contributed by atoms with Crippen LogP contribution in [-0.4, -0.2) is 19.9 Å². The number of anilines is 1. The van der Waals surface area contributed by atoms with E-state index in [1.807, 2.05) is 32.3 Å². The third kappa shape index (κ3) is 2.30. The summed E-state index contributed by atoms with van der Waals surface area (Å²) in [7, 11) is 1.90. The number of fused-ring (bicyclic) bond motifs is 1. The average molecular weight is 268 g/mol. The topological polar surface area (TPSA) is 63.0 Å². The van der Waals surface area contributed by atoms with Crippen LogP contribution in [-0.2, 0) is 13.6 Å². The van der Waals surface area contributed by atoms with Crippen molar-refractivity contribution in [3.05, 3.63) is 47.8 Å². The molecular formula is C15H16N4O. The van der Waals surface area contributed by atoms with Gasteiger partial charge in [-0.2, -0.15) is 5.10 Å². The first-order valence-corrected chi connectivity index (χ1v) is 6.44. The number of rotatable bonds is 3. The van der Waals surface area contributed by atoms with E-state index in [9.17, 15) is 5.11 Å². The molecule has 0 fully saturated rings. The molecule has 0 unspecified atom stereocenters. The van der Waals surface area contributed by atoms with Crippen molar-refractivity contribution in [1.29, 1.82) is 0 Å². The largest absolute Gasteiger partial charge is 0.508 e. The lowest BCUT2D eigenvalue weighted by Crippen LogP contribution is -2.00. The number of hydrogen-bond acceptors (Lipinski definition) is 4. The quantitative estimate of drug-likeness (QED) is 0.717. The Morgan fingerprint density at radius 1 is 1.25 bits per heavy atom. The summed E-state index contributed by atoms with van der Waals surface area (Å²) in [5.74, 6) is 0.268. The minimum absolute atomic E-state index is 0.268. The van der Waals surface area contributed by atoms with E-state index in [2.05, 4.69) is 21.5 Å². The van der Waals surface area contributed by atoms with Crippen LogP contribution >= 0.6 is 0 Å². The van der Waals surface area contributed by atoms with Gasteiger partial charge in [-0.05, 0) is 42.8 Å². The van der Waals surface area contributed by atoms with Crippen LogP contribution in [0.2, 0.25) is 0 Å². The summed E-state index contributed by atoms with van der Waals surface area (Å²) in [4.78, 5) is 4.45. The maximum atomic E-state index is 9.25. The third-order valence-corrected chi connectivity index (χ3v) is 3.28. The second-order valence-corrected chi connectivity index (χ2v) is 4.82. The first-order chi connectivity index (χ1) is 9.63. The zero-order valence-corrected chi connectivity index (χ0v) is 11.5. The Labute approximate surface area is 116 Å². The van der Waals surface area contributed by atoms with Gasteiger partial charge in [-0.3, -0.25) is 4.68 Å². The Bertz CT molecular complexity index is 746. The second kappa shape index (κ2) is 4.85. The number of benzene rings is 1. The van der Waals surface area contributed by atoms with Gasteiger partial charge in [0, 0.05) is 30.9 Å². The van der Waals surface area contributed by atoms with Crippen LogP contribution in [0.1, 0.15) is 11.3 Å². The van der Waals surface area contributed by atoms with Crippen LogP contribution in [0, 0.1) is 6.92 Å². The lowest BCUT2D eigenvalue weighted by Gasteiger charge is -2.06. The molecule has 5 heteroatoms. The van der Waals surface area contributed by atoms with E-state index in [0.717, 1.165) is 28.0 Å². The van der Waals surface area contributed by atoms with E-state index < -0.39 is 0 Å². The summed E-state index contributed by atoms with van der Waals surface area (Å²) in [5, 5.41) is 18.0. The molecule has 2 N–H and O–H groups in total. The van der Waals surface area contributed by atoms with E-state index in [0.29, 0.717) is 6.54 Å². The van der Waals surface area contributed by atoms with Crippen molar-refractivity contribution < 1.29 is 5.11 Å². The molecule has 2 aromatic heterocycles. The number of aryl methyl sites for hydroxylation is 2. The zero-order valence-electron chi connectivity index (χ0n) is 11.5. The summed E-state index contributed by atoms with van der Waals surface area (Å²) in [6.45, 7) is 2.67. The van der Waals surface area contributed by atoms with E-state index in [1.165, 1.54) is 0 Å². The molecule has 3 aromatic rings. The van der Waals surface area contributed by atoms with E-state index >= 15 is 0 Å². The summed E-state index contributed by atoms with van der Waals surface area (Å²) < 4.78 is 1.79. The summed E-state index contributed by atoms with van der Waals surface area (Å²) in [6, 6.07) is 9.12. The smallest absolute Gasteiger partial charge is 0.157 e. The minimum Gasteiger partial charge on any atom is -0.508 e. The molecular weight excluding hydrogens is 252 g/mol. The van der Waals surface area contributed by atoms with Crippen molar-refractivity contribution in [3.8, 4) is 5.75 Å². The van der Waals surface area contributed by atoms with Gasteiger partial charge in [0.1, 0.15) is 5.75 Å². The molecule has 1 aromatic carbocycles. The van der Waals surface area contributed by atoms with Gasteiger partial charge in [0.2, 0.25) is 0 Å². The van der Waals surface area contributed by atoms with E-state index in [4.69, 9.17) is 0 Å². The Kier molecular flexibility index (Phi) is 3.02. The molecule has 0 amide bonds. The molecule has 0 saturated carbocycles. The average Bonchev–Trinajstić information content (AvgIpc) is 2.73. The number of hydrogen-bond donors (Lipinski definition) is 2. The maximum absolute atomic E-state index is 9.25. The molecule has 0 spiro atoms. The number of nitrogens with one attached hydrogen (secondary N) is 1. The van der Waals surface area contributed by atoms with Crippen LogP contribution < -0.4 is 5.32 Å². The Hall–Kier alpha value is -2.56. The molecule has 0 aliphatic heterocycles. The number of aromatic nitrogens is 3. The third-order valence-electron chi connectivity index (χ3n) is 3.28. The molecule has 2 heterocycles. The van der Waals surface area contributed by atoms with E-state index in [1.54, 1.807) is 16.8 Å². The first-order valence-electron chi connectivity index (χ1n) is 6.44. The number of pyridine rings is 1. The number of nitrogens with zero attached hydrogens (tertiary/aromatic N) is 3. The van der Waals surface area contributed by atoms with Gasteiger partial charge in [-0.25, -0.2) is 4.98 Å². The highest BCUT2D eigenvalue weighted by Crippen LogP contribution is 2.18. The van der Waals surface area contributed by atoms with Gasteiger partial charge < -0.3 is 10.4 Å². The van der Waals surface area contributed by atoms with Crippen LogP contribution in [0.3, 0.4) is 0 Å². The normalized spacial score (nSPS) is 10.9. The first kappa shape index (κ1) is 12.5. The molecule has 5 nitrogen and oxygen atoms in total. The monoisotopic (exact) mass is 268 g/mol. The van der Waals surface area contributed by atoms with Crippen LogP contribution in [0.5, 0.6) is 5.75 Å². The van der Waals surface area contributed by atoms with Crippen molar-refractivity contribution in [2.75, 3.05) is 5.32 Å². The minimum atomic E-state index is 0.268. The van der Waals surface area contributed by atoms with Gasteiger partial charge in [0.25, 0.3) is 0 Å². The van der Waals surface area contributed by atoms with Crippen molar-refractivity contribution in [2.45, 2.75) is 13.5 Å². The van der Waals surface area contributed by atoms with Crippen LogP contribution in [0.15, 0.2) is 36.5 Å². The molecule has 0 aliphatic carbocycles. The van der Waals surface area contributed by atoms with Gasteiger partial charge in [-0.15, -0.1) is 0 Å². The van der Waals surface area contributed by atoms with Crippen molar-refractivity contribution in [2.24, 2.45) is 7.05 Å². The molecule has 3 rings (SSSR count). The molecule has 0 bridgehead atoms. The number of phenolic OH excluding ortho intramolecular Hbond substituents is 1. The highest BCUT2D eigenvalue weighted by Gasteiger charge is 2.06. The fourth-order valence-electron chi connectivity index (χ4n) is 2.23. The molecule has 20 heavy (non-hydrogen) atoms. The summed E-state index contributed by atoms with van der Waals surface area (Å²) in [6.07, 6.45) is 1.86. The summed E-state index contributed by atoms with van der Waals surface area (Å²) in [5.41, 5.74) is 3.95. The van der Waals surface area contributed by atoms with Crippen molar-refractivity contribution in [1.82, 2.24) is 14.8 Å². The highest BCUT2D eigenvalue weighted by atomic mass is 16.3. The number of phenols is 1. The fraction of sp³-hybridized carbons (Fsp3) is 0.200. The molecule has 0 atom stereocenters. The SMILES string of the molecule is Cc1nn(C)c2ncc(CNc3ccc(O)cc3)cc12. The van der Waals surface area contributed by atoms with Gasteiger partial charge in [0.15, 0.2) is 5.65 Å². The van der Waals surface area contributed by atoms with E-state index in [-0.39, 0.29) is 5.75 Å². The van der Waals surface area contributed by atoms with Gasteiger partial charge in [-0.1, -0.05) is 0 Å². The Morgan fingerprint density at radius 2 is 2.00 bits per heavy atom. The van der Waals surface area contributed by atoms with Crippen LogP contribution in [0.4, 0.5) is 5.69 Å². The predicted octanol–water partition coefficient (Wildman–Crippen LogP) is 2.59. The number of aromatic hydroxyl groups is 1. The van der Waals surface area contributed by atoms with Gasteiger partial charge >= 0.3 is 0 Å². The highest BCUT2D eigenvalue weighted by molar-refractivity contribution is 5.78. The van der Waals surface area contributed by atoms with Crippen molar-refractivity contribution in [3.63, 3.8) is 0 Å². The lowest BCUT2D eigenvalue weighted by molar-refractivity contribution is 0.475. The maximum Gasteiger partial charge on any atom is 0.157 e. The van der Waals surface area contributed by atoms with Crippen LogP contribution in [0.25, 0.3) is 11.0 Å². The molecule has 0 radical (unpaired) electrons. The standard InChI is InChI=1S/C15H16N4O/c1-10-14-7-11(9-17-15(14)19(2)18-10)8-16-12-3-5-13(20)6-4-12/h3-7,9,16,20H,8H2,1-2H3. The second-order valence-electron chi connectivity index (χ2n) is 4.82. The summed E-state index contributed by atoms with van der Waals surface area (Å²) >= 11 is 0. The lowest BCUT2D eigenvalue weighted by atomic mass is 10.2. The zero-order chi connectivity index (χ0) is 14.1. The molecule has 0 aliphatic rings. The predicted molar refractivity (Wildman–Crippen MR) is 78.7 cm³/mol. The van der Waals surface area contributed by atoms with Crippen molar-refractivity contribution >= 4 is 16.7 Å². The van der Waals surface area contributed by atoms with Gasteiger partial charge in [0.05, 0.1) is 5.69 Å². The molecule has 0 saturated heterocycles. The fourth-order valence-corrected chi connectivity index (χ4v) is 2.23. The Morgan fingerprint density at radius 3 is 2.75 bits per heavy atom. The Balaban J connectivity index is 1.80.